The summed E-state index contributed by atoms with van der Waals surface area (Å²) in [5.74, 6) is -0.550. The van der Waals surface area contributed by atoms with Gasteiger partial charge in [-0.2, -0.15) is 0 Å². The summed E-state index contributed by atoms with van der Waals surface area (Å²) in [7, 11) is 0. The summed E-state index contributed by atoms with van der Waals surface area (Å²) in [6.45, 7) is -0.548. The molecule has 0 saturated carbocycles. The number of aromatic nitrogens is 1. The van der Waals surface area contributed by atoms with Crippen LogP contribution in [0.25, 0.3) is 0 Å². The Labute approximate surface area is 168 Å². The number of anilines is 1. The number of nitrogens with zero attached hydrogens (tertiary/aromatic N) is 1. The predicted octanol–water partition coefficient (Wildman–Crippen LogP) is 1.22. The van der Waals surface area contributed by atoms with E-state index in [2.05, 4.69) is 10.3 Å². The topological polar surface area (TPSA) is 132 Å². The van der Waals surface area contributed by atoms with Crippen LogP contribution < -0.4 is 5.32 Å². The summed E-state index contributed by atoms with van der Waals surface area (Å²) in [5, 5.41) is 43.8. The second-order valence-corrected chi connectivity index (χ2v) is 7.55. The lowest BCUT2D eigenvalue weighted by Crippen LogP contribution is -2.55. The van der Waals surface area contributed by atoms with Gasteiger partial charge in [0.1, 0.15) is 41.2 Å². The van der Waals surface area contributed by atoms with Crippen LogP contribution in [-0.2, 0) is 4.74 Å². The van der Waals surface area contributed by atoms with Crippen molar-refractivity contribution in [2.45, 2.75) is 30.5 Å². The molecule has 1 fully saturated rings. The van der Waals surface area contributed by atoms with Gasteiger partial charge in [-0.25, -0.2) is 4.98 Å². The number of carbonyl (C=O) groups excluding carboxylic acids is 1. The van der Waals surface area contributed by atoms with E-state index in [1.54, 1.807) is 18.2 Å². The van der Waals surface area contributed by atoms with E-state index < -0.39 is 43.0 Å². The van der Waals surface area contributed by atoms with E-state index in [9.17, 15) is 25.2 Å². The average molecular weight is 435 g/mol. The lowest BCUT2D eigenvalue weighted by atomic mass is 9.95. The Balaban J connectivity index is 1.77. The van der Waals surface area contributed by atoms with Gasteiger partial charge in [0.05, 0.1) is 22.3 Å². The summed E-state index contributed by atoms with van der Waals surface area (Å²) in [4.78, 5) is 16.5. The third-order valence-corrected chi connectivity index (χ3v) is 5.82. The first-order chi connectivity index (χ1) is 12.8. The highest BCUT2D eigenvalue weighted by Crippen LogP contribution is 2.34. The minimum absolute atomic E-state index is 0.0444. The van der Waals surface area contributed by atoms with Crippen LogP contribution in [0.4, 0.5) is 5.69 Å². The molecule has 0 bridgehead atoms. The average Bonchev–Trinajstić information content (AvgIpc) is 3.14. The summed E-state index contributed by atoms with van der Waals surface area (Å²) >= 11 is 13.0. The maximum absolute atomic E-state index is 12.4. The quantitative estimate of drug-likeness (QED) is 0.488. The number of amides is 1. The number of hydrogen-bond acceptors (Lipinski definition) is 8. The van der Waals surface area contributed by atoms with Crippen molar-refractivity contribution in [1.82, 2.24) is 4.98 Å². The summed E-state index contributed by atoms with van der Waals surface area (Å²) in [5.41, 5.74) is 0.361. The summed E-state index contributed by atoms with van der Waals surface area (Å²) < 4.78 is 5.43. The number of benzene rings is 1. The smallest absolute Gasteiger partial charge is 0.275 e. The molecular weight excluding hydrogens is 419 g/mol. The highest BCUT2D eigenvalue weighted by molar-refractivity contribution is 7.09. The Morgan fingerprint density at radius 3 is 2.67 bits per heavy atom. The number of ether oxygens (including phenoxy) is 1. The number of aliphatic hydroxyl groups is 4. The van der Waals surface area contributed by atoms with Gasteiger partial charge in [-0.05, 0) is 12.1 Å². The van der Waals surface area contributed by atoms with Gasteiger partial charge in [0.25, 0.3) is 5.91 Å². The Morgan fingerprint density at radius 1 is 1.22 bits per heavy atom. The first kappa shape index (κ1) is 20.4. The normalized spacial score (nSPS) is 28.1. The van der Waals surface area contributed by atoms with E-state index in [4.69, 9.17) is 27.9 Å². The van der Waals surface area contributed by atoms with Gasteiger partial charge >= 0.3 is 0 Å². The van der Waals surface area contributed by atoms with Crippen LogP contribution in [0.15, 0.2) is 23.6 Å². The van der Waals surface area contributed by atoms with Crippen molar-refractivity contribution in [3.05, 3.63) is 44.3 Å². The van der Waals surface area contributed by atoms with Gasteiger partial charge in [0.15, 0.2) is 0 Å². The van der Waals surface area contributed by atoms with Crippen molar-refractivity contribution in [1.29, 1.82) is 0 Å². The van der Waals surface area contributed by atoms with Gasteiger partial charge in [0.2, 0.25) is 0 Å². The number of rotatable bonds is 4. The van der Waals surface area contributed by atoms with Crippen LogP contribution in [0.1, 0.15) is 21.6 Å². The molecule has 146 valence electrons. The molecule has 3 rings (SSSR count). The molecule has 1 aromatic heterocycles. The van der Waals surface area contributed by atoms with Crippen LogP contribution in [0.2, 0.25) is 10.0 Å². The van der Waals surface area contributed by atoms with Crippen LogP contribution in [0.3, 0.4) is 0 Å². The number of nitrogens with one attached hydrogen (secondary N) is 1. The van der Waals surface area contributed by atoms with Gasteiger partial charge < -0.3 is 30.5 Å². The first-order valence-electron chi connectivity index (χ1n) is 7.84. The fourth-order valence-corrected chi connectivity index (χ4v) is 3.83. The SMILES string of the molecule is O=C(Nc1cccc(Cl)c1Cl)c1csc([C@@H]2O[C@H](CO)[C@H](O)[C@H](O)[C@H]2O)n1. The van der Waals surface area contributed by atoms with E-state index in [1.165, 1.54) is 5.38 Å². The molecule has 0 aliphatic carbocycles. The second-order valence-electron chi connectivity index (χ2n) is 5.88. The Morgan fingerprint density at radius 2 is 1.96 bits per heavy atom. The molecule has 0 unspecified atom stereocenters. The van der Waals surface area contributed by atoms with Gasteiger partial charge in [-0.3, -0.25) is 4.79 Å². The predicted molar refractivity (Wildman–Crippen MR) is 99.2 cm³/mol. The molecular formula is C16H16Cl2N2O6S. The lowest BCUT2D eigenvalue weighted by molar-refractivity contribution is -0.231. The molecule has 11 heteroatoms. The third kappa shape index (κ3) is 4.10. The number of aliphatic hydroxyl groups excluding tert-OH is 4. The Hall–Kier alpha value is -1.30. The zero-order chi connectivity index (χ0) is 19.7. The van der Waals surface area contributed by atoms with E-state index >= 15 is 0 Å². The summed E-state index contributed by atoms with van der Waals surface area (Å²) in [6, 6.07) is 4.79. The highest BCUT2D eigenvalue weighted by atomic mass is 35.5. The van der Waals surface area contributed by atoms with Crippen LogP contribution in [0.5, 0.6) is 0 Å². The molecule has 0 radical (unpaired) electrons. The van der Waals surface area contributed by atoms with Crippen molar-refractivity contribution in [2.24, 2.45) is 0 Å². The van der Waals surface area contributed by atoms with Gasteiger partial charge in [-0.1, -0.05) is 29.3 Å². The number of halogens is 2. The van der Waals surface area contributed by atoms with Crippen molar-refractivity contribution < 1.29 is 30.0 Å². The zero-order valence-corrected chi connectivity index (χ0v) is 15.9. The molecule has 1 aliphatic rings. The van der Waals surface area contributed by atoms with Crippen molar-refractivity contribution >= 4 is 46.1 Å². The number of thiazole rings is 1. The Kier molecular flexibility index (Phi) is 6.34. The number of carbonyl (C=O) groups is 1. The molecule has 27 heavy (non-hydrogen) atoms. The molecule has 2 heterocycles. The van der Waals surface area contributed by atoms with Crippen LogP contribution in [0, 0.1) is 0 Å². The van der Waals surface area contributed by atoms with Crippen molar-refractivity contribution in [3.63, 3.8) is 0 Å². The third-order valence-electron chi connectivity index (χ3n) is 4.09. The minimum Gasteiger partial charge on any atom is -0.394 e. The van der Waals surface area contributed by atoms with Gasteiger partial charge in [-0.15, -0.1) is 11.3 Å². The number of hydrogen-bond donors (Lipinski definition) is 5. The molecule has 1 aromatic carbocycles. The van der Waals surface area contributed by atoms with Crippen molar-refractivity contribution in [2.75, 3.05) is 11.9 Å². The molecule has 1 saturated heterocycles. The van der Waals surface area contributed by atoms with E-state index in [-0.39, 0.29) is 20.7 Å². The molecule has 5 N–H and O–H groups in total. The lowest BCUT2D eigenvalue weighted by Gasteiger charge is -2.39. The maximum atomic E-state index is 12.4. The van der Waals surface area contributed by atoms with Crippen LogP contribution >= 0.6 is 34.5 Å². The molecule has 1 aliphatic heterocycles. The van der Waals surface area contributed by atoms with Crippen molar-refractivity contribution in [3.8, 4) is 0 Å². The second kappa shape index (κ2) is 8.38. The molecule has 5 atom stereocenters. The highest BCUT2D eigenvalue weighted by Gasteiger charge is 2.45. The fourth-order valence-electron chi connectivity index (χ4n) is 2.61. The van der Waals surface area contributed by atoms with E-state index in [0.29, 0.717) is 5.69 Å². The first-order valence-corrected chi connectivity index (χ1v) is 9.48. The molecule has 8 nitrogen and oxygen atoms in total. The van der Waals surface area contributed by atoms with E-state index in [1.807, 2.05) is 0 Å². The summed E-state index contributed by atoms with van der Waals surface area (Å²) in [6.07, 6.45) is -6.60. The zero-order valence-electron chi connectivity index (χ0n) is 13.6. The molecule has 2 aromatic rings. The van der Waals surface area contributed by atoms with E-state index in [0.717, 1.165) is 11.3 Å². The molecule has 1 amide bonds. The van der Waals surface area contributed by atoms with Crippen LogP contribution in [-0.4, -0.2) is 62.3 Å². The fraction of sp³-hybridized carbons (Fsp3) is 0.375. The Bertz CT molecular complexity index is 833. The maximum Gasteiger partial charge on any atom is 0.275 e. The molecule has 0 spiro atoms. The van der Waals surface area contributed by atoms with Gasteiger partial charge in [0, 0.05) is 5.38 Å². The largest absolute Gasteiger partial charge is 0.394 e. The standard InChI is InChI=1S/C16H16Cl2N2O6S/c17-6-2-1-3-7(10(6)18)19-15(25)8-5-27-16(20-8)14-13(24)12(23)11(22)9(4-21)26-14/h1-3,5,9,11-14,21-24H,4H2,(H,19,25)/t9-,11+,12+,13-,14-/m1/s1. The monoisotopic (exact) mass is 434 g/mol. The minimum atomic E-state index is -1.52.